The topological polar surface area (TPSA) is 15.3 Å². The van der Waals surface area contributed by atoms with Gasteiger partial charge in [-0.3, -0.25) is 0 Å². The Balaban J connectivity index is 2.16. The van der Waals surface area contributed by atoms with E-state index >= 15 is 0 Å². The second kappa shape index (κ2) is 2.99. The maximum Gasteiger partial charge on any atom is 0.0833 e. The number of rotatable bonds is 2. The molecule has 0 amide bonds. The maximum absolute atomic E-state index is 3.17. The van der Waals surface area contributed by atoms with Gasteiger partial charge in [0.15, 0.2) is 0 Å². The van der Waals surface area contributed by atoms with Crippen LogP contribution in [0.5, 0.6) is 0 Å². The van der Waals surface area contributed by atoms with Crippen molar-refractivity contribution in [2.45, 2.75) is 6.92 Å². The molecule has 0 unspecified atom stereocenters. The van der Waals surface area contributed by atoms with Gasteiger partial charge in [-0.05, 0) is 5.41 Å². The van der Waals surface area contributed by atoms with E-state index in [2.05, 4.69) is 22.8 Å². The summed E-state index contributed by atoms with van der Waals surface area (Å²) in [6, 6.07) is 0. The Morgan fingerprint density at radius 2 is 2.75 bits per heavy atom. The lowest BCUT2D eigenvalue weighted by Crippen LogP contribution is -2.30. The summed E-state index contributed by atoms with van der Waals surface area (Å²) in [6.45, 7) is 3.10. The molecule has 0 radical (unpaired) electrons. The Kier molecular flexibility index (Phi) is 2.24. The predicted octanol–water partition coefficient (Wildman–Crippen LogP) is 0.988. The minimum Gasteiger partial charge on any atom is -0.305 e. The molecule has 0 aliphatic carbocycles. The molecule has 1 N–H and O–H groups in total. The molecule has 0 saturated heterocycles. The zero-order valence-electron chi connectivity index (χ0n) is 4.92. The van der Waals surface area contributed by atoms with E-state index in [0.717, 1.165) is 12.4 Å². The van der Waals surface area contributed by atoms with Gasteiger partial charge in [0.25, 0.3) is 0 Å². The molecule has 1 aliphatic heterocycles. The van der Waals surface area contributed by atoms with Gasteiger partial charge in [0, 0.05) is 12.7 Å². The fourth-order valence-electron chi connectivity index (χ4n) is 0.584. The molecule has 0 bridgehead atoms. The summed E-state index contributed by atoms with van der Waals surface area (Å²) in [7, 11) is 0. The van der Waals surface area contributed by atoms with Crippen molar-refractivity contribution in [3.8, 4) is 0 Å². The van der Waals surface area contributed by atoms with Crippen LogP contribution in [0.25, 0.3) is 0 Å². The third-order valence-electron chi connectivity index (χ3n) is 0.912. The molecular weight excluding hydrogens is 120 g/mol. The highest BCUT2D eigenvalue weighted by Crippen LogP contribution is 2.11. The largest absolute Gasteiger partial charge is 0.305 e. The lowest BCUT2D eigenvalue weighted by Gasteiger charge is -2.13. The molecule has 3 heteroatoms. The fourth-order valence-corrected chi connectivity index (χ4v) is 1.24. The Bertz CT molecular complexity index is 92.4. The summed E-state index contributed by atoms with van der Waals surface area (Å²) in [5, 5.41) is 4.16. The number of hydrazine groups is 1. The number of nitrogens with zero attached hydrogens (tertiary/aromatic N) is 1. The number of hydrogen-bond donors (Lipinski definition) is 1. The van der Waals surface area contributed by atoms with Crippen molar-refractivity contribution in [2.75, 3.05) is 12.4 Å². The number of nitrogens with one attached hydrogen (secondary N) is 1. The van der Waals surface area contributed by atoms with Gasteiger partial charge in [-0.25, -0.2) is 5.43 Å². The van der Waals surface area contributed by atoms with E-state index in [9.17, 15) is 0 Å². The SMILES string of the molecule is CCNN1C=CSC1. The van der Waals surface area contributed by atoms with Crippen molar-refractivity contribution in [1.82, 2.24) is 10.4 Å². The van der Waals surface area contributed by atoms with Crippen molar-refractivity contribution in [1.29, 1.82) is 0 Å². The third-order valence-corrected chi connectivity index (χ3v) is 1.65. The van der Waals surface area contributed by atoms with E-state index in [0.29, 0.717) is 0 Å². The van der Waals surface area contributed by atoms with Crippen LogP contribution in [0.15, 0.2) is 11.6 Å². The first-order valence-corrected chi connectivity index (χ1v) is 3.77. The molecule has 0 atom stereocenters. The quantitative estimate of drug-likeness (QED) is 0.600. The van der Waals surface area contributed by atoms with Gasteiger partial charge in [-0.15, -0.1) is 11.8 Å². The molecule has 0 aromatic heterocycles. The molecule has 46 valence electrons. The van der Waals surface area contributed by atoms with Crippen LogP contribution in [-0.4, -0.2) is 17.4 Å². The van der Waals surface area contributed by atoms with E-state index < -0.39 is 0 Å². The average Bonchev–Trinajstić information content (AvgIpc) is 2.19. The van der Waals surface area contributed by atoms with Gasteiger partial charge >= 0.3 is 0 Å². The molecule has 1 aliphatic rings. The standard InChI is InChI=1S/C5H10N2S/c1-2-6-7-3-4-8-5-7/h3-4,6H,2,5H2,1H3. The predicted molar refractivity (Wildman–Crippen MR) is 37.1 cm³/mol. The van der Waals surface area contributed by atoms with Crippen LogP contribution in [0.1, 0.15) is 6.92 Å². The molecule has 0 spiro atoms. The van der Waals surface area contributed by atoms with Crippen LogP contribution in [0, 0.1) is 0 Å². The Morgan fingerprint density at radius 1 is 1.88 bits per heavy atom. The minimum absolute atomic E-state index is 1.00. The Morgan fingerprint density at radius 3 is 3.25 bits per heavy atom. The van der Waals surface area contributed by atoms with Crippen molar-refractivity contribution in [2.24, 2.45) is 0 Å². The van der Waals surface area contributed by atoms with E-state index in [-0.39, 0.29) is 0 Å². The highest BCUT2D eigenvalue weighted by Gasteiger charge is 1.99. The Hall–Kier alpha value is -0.150. The summed E-state index contributed by atoms with van der Waals surface area (Å²) in [6.07, 6.45) is 2.05. The van der Waals surface area contributed by atoms with Gasteiger partial charge < -0.3 is 5.01 Å². The van der Waals surface area contributed by atoms with E-state index in [4.69, 9.17) is 0 Å². The van der Waals surface area contributed by atoms with Crippen LogP contribution >= 0.6 is 11.8 Å². The average molecular weight is 130 g/mol. The van der Waals surface area contributed by atoms with Crippen molar-refractivity contribution >= 4 is 11.8 Å². The molecule has 1 rings (SSSR count). The molecule has 2 nitrogen and oxygen atoms in total. The lowest BCUT2D eigenvalue weighted by atomic mass is 10.8. The highest BCUT2D eigenvalue weighted by atomic mass is 32.2. The van der Waals surface area contributed by atoms with Crippen LogP contribution in [0.3, 0.4) is 0 Å². The molecule has 1 heterocycles. The molecule has 0 aromatic carbocycles. The maximum atomic E-state index is 3.17. The lowest BCUT2D eigenvalue weighted by molar-refractivity contribution is 0.330. The Labute approximate surface area is 53.9 Å². The number of hydrogen-bond acceptors (Lipinski definition) is 3. The second-order valence-corrected chi connectivity index (χ2v) is 2.43. The molecule has 0 fully saturated rings. The first kappa shape index (κ1) is 5.98. The smallest absolute Gasteiger partial charge is 0.0833 e. The monoisotopic (exact) mass is 130 g/mol. The molecule has 0 saturated carbocycles. The van der Waals surface area contributed by atoms with Crippen LogP contribution in [0.4, 0.5) is 0 Å². The van der Waals surface area contributed by atoms with Gasteiger partial charge in [0.2, 0.25) is 0 Å². The van der Waals surface area contributed by atoms with Gasteiger partial charge in [0.1, 0.15) is 0 Å². The summed E-state index contributed by atoms with van der Waals surface area (Å²) < 4.78 is 0. The van der Waals surface area contributed by atoms with E-state index in [1.807, 2.05) is 6.20 Å². The molecule has 0 aromatic rings. The summed E-state index contributed by atoms with van der Waals surface area (Å²) in [4.78, 5) is 0. The fraction of sp³-hybridized carbons (Fsp3) is 0.600. The van der Waals surface area contributed by atoms with Crippen LogP contribution < -0.4 is 5.43 Å². The van der Waals surface area contributed by atoms with Gasteiger partial charge in [-0.1, -0.05) is 6.92 Å². The summed E-state index contributed by atoms with van der Waals surface area (Å²) in [5.41, 5.74) is 3.17. The zero-order valence-corrected chi connectivity index (χ0v) is 5.74. The van der Waals surface area contributed by atoms with Crippen molar-refractivity contribution in [3.05, 3.63) is 11.6 Å². The van der Waals surface area contributed by atoms with Crippen LogP contribution in [-0.2, 0) is 0 Å². The third kappa shape index (κ3) is 1.42. The van der Waals surface area contributed by atoms with Crippen LogP contribution in [0.2, 0.25) is 0 Å². The normalized spacial score (nSPS) is 17.9. The minimum atomic E-state index is 1.00. The van der Waals surface area contributed by atoms with Gasteiger partial charge in [0.05, 0.1) is 5.88 Å². The van der Waals surface area contributed by atoms with Crippen molar-refractivity contribution < 1.29 is 0 Å². The molecular formula is C5H10N2S. The summed E-state index contributed by atoms with van der Waals surface area (Å²) >= 11 is 1.80. The zero-order chi connectivity index (χ0) is 5.82. The first-order valence-electron chi connectivity index (χ1n) is 2.72. The molecule has 8 heavy (non-hydrogen) atoms. The number of thioether (sulfide) groups is 1. The second-order valence-electron chi connectivity index (χ2n) is 1.56. The van der Waals surface area contributed by atoms with E-state index in [1.54, 1.807) is 11.8 Å². The summed E-state index contributed by atoms with van der Waals surface area (Å²) in [5.74, 6) is 1.05. The first-order chi connectivity index (χ1) is 3.93. The van der Waals surface area contributed by atoms with Crippen molar-refractivity contribution in [3.63, 3.8) is 0 Å². The highest BCUT2D eigenvalue weighted by molar-refractivity contribution is 8.02. The van der Waals surface area contributed by atoms with E-state index in [1.165, 1.54) is 0 Å². The van der Waals surface area contributed by atoms with Gasteiger partial charge in [-0.2, -0.15) is 0 Å².